The van der Waals surface area contributed by atoms with E-state index in [-0.39, 0.29) is 30.4 Å². The van der Waals surface area contributed by atoms with Crippen molar-refractivity contribution >= 4 is 35.0 Å². The van der Waals surface area contributed by atoms with Crippen LogP contribution < -0.4 is 16.0 Å². The van der Waals surface area contributed by atoms with E-state index in [1.54, 1.807) is 6.20 Å². The van der Waals surface area contributed by atoms with E-state index in [1.807, 2.05) is 17.8 Å². The Kier molecular flexibility index (Phi) is 3.84. The lowest BCUT2D eigenvalue weighted by Crippen LogP contribution is -2.27. The number of nitrogens with zero attached hydrogens (tertiary/aromatic N) is 4. The number of hydrogen-bond acceptors (Lipinski definition) is 7. The van der Waals surface area contributed by atoms with Gasteiger partial charge in [0.05, 0.1) is 12.5 Å². The van der Waals surface area contributed by atoms with Gasteiger partial charge < -0.3 is 21.1 Å². The molecular weight excluding hydrogens is 292 g/mol. The lowest BCUT2D eigenvalue weighted by molar-refractivity contribution is 0.0947. The molecule has 0 saturated carbocycles. The Morgan fingerprint density at radius 3 is 3.14 bits per heavy atom. The number of nitrogens with one attached hydrogen (secondary N) is 1. The zero-order valence-electron chi connectivity index (χ0n) is 11.3. The lowest BCUT2D eigenvalue weighted by atomic mass is 10.3. The van der Waals surface area contributed by atoms with E-state index in [9.17, 15) is 4.79 Å². The highest BCUT2D eigenvalue weighted by atomic mass is 32.2. The monoisotopic (exact) mass is 308 g/mol. The van der Waals surface area contributed by atoms with Crippen LogP contribution in [0.15, 0.2) is 12.3 Å². The fraction of sp³-hybridized carbons (Fsp3) is 0.417. The first kappa shape index (κ1) is 14.0. The topological polar surface area (TPSA) is 109 Å². The number of nitrogen functional groups attached to an aromatic ring is 1. The Bertz CT molecular complexity index is 667. The molecule has 1 aliphatic rings. The fourth-order valence-corrected chi connectivity index (χ4v) is 3.14. The van der Waals surface area contributed by atoms with Gasteiger partial charge in [-0.15, -0.1) is 16.9 Å². The number of fused-ring (bicyclic) bond motifs is 1. The van der Waals surface area contributed by atoms with Crippen molar-refractivity contribution < 1.29 is 9.90 Å². The molecule has 0 spiro atoms. The maximum Gasteiger partial charge on any atom is 0.259 e. The molecule has 2 aromatic rings. The maximum absolute atomic E-state index is 12.1. The van der Waals surface area contributed by atoms with Gasteiger partial charge in [-0.25, -0.2) is 9.50 Å². The number of anilines is 2. The van der Waals surface area contributed by atoms with Crippen LogP contribution in [0.1, 0.15) is 10.4 Å². The van der Waals surface area contributed by atoms with Crippen molar-refractivity contribution in [3.05, 3.63) is 17.8 Å². The van der Waals surface area contributed by atoms with Gasteiger partial charge in [0.2, 0.25) is 0 Å². The van der Waals surface area contributed by atoms with Crippen molar-refractivity contribution in [3.63, 3.8) is 0 Å². The fourth-order valence-electron chi connectivity index (χ4n) is 2.18. The largest absolute Gasteiger partial charge is 0.395 e. The Labute approximate surface area is 125 Å². The minimum Gasteiger partial charge on any atom is -0.395 e. The molecule has 1 fully saturated rings. The summed E-state index contributed by atoms with van der Waals surface area (Å²) in [6, 6.07) is 1.86. The Morgan fingerprint density at radius 2 is 2.43 bits per heavy atom. The first-order valence-corrected chi connectivity index (χ1v) is 7.73. The summed E-state index contributed by atoms with van der Waals surface area (Å²) in [6.07, 6.45) is 1.75. The number of aromatic nitrogens is 3. The van der Waals surface area contributed by atoms with Gasteiger partial charge in [0.15, 0.2) is 11.5 Å². The van der Waals surface area contributed by atoms with Crippen LogP contribution in [0.5, 0.6) is 0 Å². The van der Waals surface area contributed by atoms with E-state index in [4.69, 9.17) is 10.8 Å². The van der Waals surface area contributed by atoms with Gasteiger partial charge >= 0.3 is 0 Å². The van der Waals surface area contributed by atoms with Crippen molar-refractivity contribution in [2.75, 3.05) is 42.0 Å². The average Bonchev–Trinajstić information content (AvgIpc) is 3.10. The van der Waals surface area contributed by atoms with E-state index < -0.39 is 0 Å². The van der Waals surface area contributed by atoms with Crippen LogP contribution in [-0.4, -0.2) is 56.9 Å². The number of carbonyl (C=O) groups is 1. The van der Waals surface area contributed by atoms with Crippen LogP contribution in [0.2, 0.25) is 0 Å². The third kappa shape index (κ3) is 2.61. The molecule has 1 amide bonds. The minimum absolute atomic E-state index is 0.130. The first-order chi connectivity index (χ1) is 10.2. The zero-order chi connectivity index (χ0) is 14.8. The number of rotatable bonds is 4. The standard InChI is InChI=1S/C12H16N6O2S/c13-10-9(12(20)14-2-5-19)11-15-8(1-3-18(11)16-10)17-4-6-21-7-17/h1,3,19H,2,4-7H2,(H2,13,16)(H,14,20). The van der Waals surface area contributed by atoms with Crippen molar-refractivity contribution in [2.24, 2.45) is 0 Å². The molecule has 0 radical (unpaired) electrons. The molecule has 112 valence electrons. The quantitative estimate of drug-likeness (QED) is 0.701. The third-order valence-electron chi connectivity index (χ3n) is 3.20. The highest BCUT2D eigenvalue weighted by Gasteiger charge is 2.21. The smallest absolute Gasteiger partial charge is 0.259 e. The lowest BCUT2D eigenvalue weighted by Gasteiger charge is -2.15. The number of thioether (sulfide) groups is 1. The Hall–Kier alpha value is -2.00. The number of aliphatic hydroxyl groups is 1. The summed E-state index contributed by atoms with van der Waals surface area (Å²) < 4.78 is 1.50. The van der Waals surface area contributed by atoms with Gasteiger partial charge in [-0.1, -0.05) is 0 Å². The summed E-state index contributed by atoms with van der Waals surface area (Å²) in [6.45, 7) is 0.968. The Balaban J connectivity index is 2.00. The van der Waals surface area contributed by atoms with E-state index in [0.29, 0.717) is 5.65 Å². The minimum atomic E-state index is -0.378. The molecule has 3 heterocycles. The van der Waals surface area contributed by atoms with Gasteiger partial charge in [-0.2, -0.15) is 0 Å². The van der Waals surface area contributed by atoms with Gasteiger partial charge in [0.1, 0.15) is 11.4 Å². The van der Waals surface area contributed by atoms with E-state index >= 15 is 0 Å². The predicted octanol–water partition coefficient (Wildman–Crippen LogP) is -0.456. The second kappa shape index (κ2) is 5.78. The van der Waals surface area contributed by atoms with Crippen LogP contribution in [0.25, 0.3) is 5.65 Å². The number of carbonyl (C=O) groups excluding carboxylic acids is 1. The molecule has 1 aliphatic heterocycles. The molecule has 0 aromatic carbocycles. The highest BCUT2D eigenvalue weighted by molar-refractivity contribution is 7.99. The van der Waals surface area contributed by atoms with Gasteiger partial charge in [0.25, 0.3) is 5.91 Å². The van der Waals surface area contributed by atoms with Crippen LogP contribution in [0, 0.1) is 0 Å². The molecule has 21 heavy (non-hydrogen) atoms. The normalized spacial score (nSPS) is 14.8. The SMILES string of the molecule is Nc1nn2ccc(N3CCSC3)nc2c1C(=O)NCCO. The van der Waals surface area contributed by atoms with Gasteiger partial charge in [0, 0.05) is 25.0 Å². The molecule has 3 rings (SSSR count). The summed E-state index contributed by atoms with van der Waals surface area (Å²) in [7, 11) is 0. The van der Waals surface area contributed by atoms with Gasteiger partial charge in [-0.05, 0) is 6.07 Å². The number of hydrogen-bond donors (Lipinski definition) is 3. The van der Waals surface area contributed by atoms with Crippen molar-refractivity contribution in [2.45, 2.75) is 0 Å². The molecule has 0 atom stereocenters. The van der Waals surface area contributed by atoms with E-state index in [1.165, 1.54) is 4.52 Å². The molecule has 4 N–H and O–H groups in total. The molecule has 1 saturated heterocycles. The second-order valence-electron chi connectivity index (χ2n) is 4.59. The summed E-state index contributed by atoms with van der Waals surface area (Å²) in [5.41, 5.74) is 6.49. The molecule has 0 aliphatic carbocycles. The molecular formula is C12H16N6O2S. The molecule has 0 unspecified atom stereocenters. The number of amides is 1. The van der Waals surface area contributed by atoms with Gasteiger partial charge in [-0.3, -0.25) is 4.79 Å². The van der Waals surface area contributed by atoms with Crippen LogP contribution >= 0.6 is 11.8 Å². The second-order valence-corrected chi connectivity index (χ2v) is 5.67. The van der Waals surface area contributed by atoms with Crippen LogP contribution in [-0.2, 0) is 0 Å². The zero-order valence-corrected chi connectivity index (χ0v) is 12.1. The maximum atomic E-state index is 12.1. The first-order valence-electron chi connectivity index (χ1n) is 6.57. The average molecular weight is 308 g/mol. The molecule has 2 aromatic heterocycles. The van der Waals surface area contributed by atoms with E-state index in [0.717, 1.165) is 24.0 Å². The summed E-state index contributed by atoms with van der Waals surface area (Å²) in [5.74, 6) is 2.52. The highest BCUT2D eigenvalue weighted by Crippen LogP contribution is 2.23. The molecule has 8 nitrogen and oxygen atoms in total. The third-order valence-corrected chi connectivity index (χ3v) is 4.16. The number of nitrogens with two attached hydrogens (primary N) is 1. The summed E-state index contributed by atoms with van der Waals surface area (Å²) >= 11 is 1.84. The summed E-state index contributed by atoms with van der Waals surface area (Å²) in [4.78, 5) is 18.8. The molecule has 9 heteroatoms. The Morgan fingerprint density at radius 1 is 1.57 bits per heavy atom. The van der Waals surface area contributed by atoms with Crippen LogP contribution in [0.3, 0.4) is 0 Å². The predicted molar refractivity (Wildman–Crippen MR) is 81.5 cm³/mol. The van der Waals surface area contributed by atoms with Crippen molar-refractivity contribution in [1.29, 1.82) is 0 Å². The number of aliphatic hydroxyl groups excluding tert-OH is 1. The summed E-state index contributed by atoms with van der Waals surface area (Å²) in [5, 5.41) is 15.5. The molecule has 0 bridgehead atoms. The van der Waals surface area contributed by atoms with Crippen molar-refractivity contribution in [3.8, 4) is 0 Å². The van der Waals surface area contributed by atoms with E-state index in [2.05, 4.69) is 20.3 Å². The van der Waals surface area contributed by atoms with Crippen molar-refractivity contribution in [1.82, 2.24) is 19.9 Å². The van der Waals surface area contributed by atoms with Crippen LogP contribution in [0.4, 0.5) is 11.6 Å².